The van der Waals surface area contributed by atoms with Crippen molar-refractivity contribution in [1.29, 1.82) is 0 Å². The maximum atomic E-state index is 11.4. The van der Waals surface area contributed by atoms with Crippen LogP contribution in [0, 0.1) is 5.92 Å². The first-order chi connectivity index (χ1) is 12.2. The summed E-state index contributed by atoms with van der Waals surface area (Å²) in [5, 5.41) is 0. The molecule has 0 radical (unpaired) electrons. The highest BCUT2D eigenvalue weighted by Gasteiger charge is 2.52. The van der Waals surface area contributed by atoms with E-state index >= 15 is 0 Å². The summed E-state index contributed by atoms with van der Waals surface area (Å²) in [6.45, 7) is 14.5. The summed E-state index contributed by atoms with van der Waals surface area (Å²) in [6.07, 6.45) is 9.98. The number of fused-ring (bicyclic) bond motifs is 2. The van der Waals surface area contributed by atoms with Crippen LogP contribution >= 0.6 is 0 Å². The van der Waals surface area contributed by atoms with Crippen LogP contribution in [0.5, 0.6) is 0 Å². The maximum Gasteiger partial charge on any atom is 0.302 e. The van der Waals surface area contributed by atoms with E-state index in [9.17, 15) is 4.79 Å². The minimum Gasteiger partial charge on any atom is -0.462 e. The Hall–Kier alpha value is -1.13. The van der Waals surface area contributed by atoms with Gasteiger partial charge in [-0.05, 0) is 52.4 Å². The van der Waals surface area contributed by atoms with Gasteiger partial charge in [0.2, 0.25) is 0 Å². The Balaban J connectivity index is 1.86. The number of hydrogen-bond acceptors (Lipinski definition) is 4. The highest BCUT2D eigenvalue weighted by Crippen LogP contribution is 2.45. The summed E-state index contributed by atoms with van der Waals surface area (Å²) in [6, 6.07) is 0. The Morgan fingerprint density at radius 2 is 2.12 bits per heavy atom. The van der Waals surface area contributed by atoms with E-state index in [2.05, 4.69) is 40.3 Å². The van der Waals surface area contributed by atoms with Crippen LogP contribution in [-0.2, 0) is 19.0 Å². The van der Waals surface area contributed by atoms with Gasteiger partial charge in [0, 0.05) is 13.3 Å². The van der Waals surface area contributed by atoms with E-state index < -0.39 is 0 Å². The Kier molecular flexibility index (Phi) is 7.09. The van der Waals surface area contributed by atoms with E-state index in [1.165, 1.54) is 12.5 Å². The quantitative estimate of drug-likeness (QED) is 0.428. The van der Waals surface area contributed by atoms with Gasteiger partial charge in [0.25, 0.3) is 0 Å². The average Bonchev–Trinajstić information content (AvgIpc) is 2.97. The van der Waals surface area contributed by atoms with Crippen LogP contribution in [-0.4, -0.2) is 36.0 Å². The van der Waals surface area contributed by atoms with Gasteiger partial charge in [-0.15, -0.1) is 6.58 Å². The topological polar surface area (TPSA) is 44.8 Å². The zero-order valence-electron chi connectivity index (χ0n) is 17.2. The Morgan fingerprint density at radius 1 is 1.38 bits per heavy atom. The largest absolute Gasteiger partial charge is 0.462 e. The van der Waals surface area contributed by atoms with Gasteiger partial charge in [0.05, 0.1) is 18.3 Å². The van der Waals surface area contributed by atoms with Gasteiger partial charge in [-0.3, -0.25) is 4.79 Å². The first-order valence-corrected chi connectivity index (χ1v) is 9.96. The zero-order valence-corrected chi connectivity index (χ0v) is 17.2. The molecule has 0 saturated carbocycles. The van der Waals surface area contributed by atoms with Crippen molar-refractivity contribution in [2.75, 3.05) is 6.61 Å². The lowest BCUT2D eigenvalue weighted by Gasteiger charge is -2.43. The third kappa shape index (κ3) is 5.20. The van der Waals surface area contributed by atoms with Crippen molar-refractivity contribution in [3.05, 3.63) is 24.3 Å². The molecule has 4 heteroatoms. The van der Waals surface area contributed by atoms with Crippen molar-refractivity contribution in [2.24, 2.45) is 5.92 Å². The van der Waals surface area contributed by atoms with E-state index in [0.29, 0.717) is 12.5 Å². The standard InChI is InChI=1S/C22H36O4/c1-7-22-14-12-20(26-22)21(6,24-15-22)13-8-9-17(4)19(25-18(5)23)11-10-16(2)3/h7,10,17,19-20H,1,8-9,11-15H2,2-6H3. The van der Waals surface area contributed by atoms with Crippen LogP contribution in [0.1, 0.15) is 73.1 Å². The fraction of sp³-hybridized carbons (Fsp3) is 0.773. The average molecular weight is 365 g/mol. The highest BCUT2D eigenvalue weighted by molar-refractivity contribution is 5.66. The number of ether oxygens (including phenoxy) is 3. The molecule has 5 atom stereocenters. The normalized spacial score (nSPS) is 32.6. The van der Waals surface area contributed by atoms with Gasteiger partial charge < -0.3 is 14.2 Å². The number of carbonyl (C=O) groups is 1. The predicted molar refractivity (Wildman–Crippen MR) is 104 cm³/mol. The van der Waals surface area contributed by atoms with Gasteiger partial charge in [-0.25, -0.2) is 0 Å². The van der Waals surface area contributed by atoms with Gasteiger partial charge in [-0.1, -0.05) is 31.1 Å². The van der Waals surface area contributed by atoms with Crippen molar-refractivity contribution in [3.63, 3.8) is 0 Å². The smallest absolute Gasteiger partial charge is 0.302 e. The predicted octanol–water partition coefficient (Wildman–Crippen LogP) is 4.97. The third-order valence-corrected chi connectivity index (χ3v) is 5.95. The van der Waals surface area contributed by atoms with Crippen molar-refractivity contribution >= 4 is 5.97 Å². The van der Waals surface area contributed by atoms with Gasteiger partial charge in [-0.2, -0.15) is 0 Å². The molecule has 2 bridgehead atoms. The fourth-order valence-corrected chi connectivity index (χ4v) is 4.06. The van der Waals surface area contributed by atoms with Gasteiger partial charge in [0.1, 0.15) is 11.7 Å². The summed E-state index contributed by atoms with van der Waals surface area (Å²) in [4.78, 5) is 11.4. The Labute approximate surface area is 159 Å². The molecule has 2 rings (SSSR count). The number of hydrogen-bond donors (Lipinski definition) is 0. The second kappa shape index (κ2) is 8.71. The number of rotatable bonds is 9. The Morgan fingerprint density at radius 3 is 2.73 bits per heavy atom. The van der Waals surface area contributed by atoms with E-state index in [1.54, 1.807) is 0 Å². The minimum atomic E-state index is -0.262. The summed E-state index contributed by atoms with van der Waals surface area (Å²) in [5.41, 5.74) is 0.767. The van der Waals surface area contributed by atoms with E-state index in [4.69, 9.17) is 14.2 Å². The molecule has 0 aromatic rings. The van der Waals surface area contributed by atoms with Gasteiger partial charge >= 0.3 is 5.97 Å². The molecule has 0 spiro atoms. The van der Waals surface area contributed by atoms with Crippen molar-refractivity contribution in [3.8, 4) is 0 Å². The van der Waals surface area contributed by atoms with Crippen LogP contribution < -0.4 is 0 Å². The second-order valence-electron chi connectivity index (χ2n) is 8.55. The first kappa shape index (κ1) is 21.2. The molecule has 2 aliphatic rings. The molecule has 148 valence electrons. The van der Waals surface area contributed by atoms with E-state index in [-0.39, 0.29) is 29.4 Å². The molecule has 5 unspecified atom stereocenters. The molecule has 2 fully saturated rings. The van der Waals surface area contributed by atoms with Gasteiger partial charge in [0.15, 0.2) is 0 Å². The number of carbonyl (C=O) groups excluding carboxylic acids is 1. The van der Waals surface area contributed by atoms with Crippen LogP contribution in [0.3, 0.4) is 0 Å². The molecule has 2 heterocycles. The molecule has 0 aromatic heterocycles. The number of allylic oxidation sites excluding steroid dienone is 1. The van der Waals surface area contributed by atoms with Crippen LogP contribution in [0.25, 0.3) is 0 Å². The van der Waals surface area contributed by atoms with Crippen molar-refractivity contribution in [2.45, 2.75) is 96.6 Å². The molecule has 2 aliphatic heterocycles. The summed E-state index contributed by atoms with van der Waals surface area (Å²) < 4.78 is 18.0. The monoisotopic (exact) mass is 364 g/mol. The van der Waals surface area contributed by atoms with E-state index in [1.807, 2.05) is 6.08 Å². The highest BCUT2D eigenvalue weighted by atomic mass is 16.6. The zero-order chi connectivity index (χ0) is 19.4. The summed E-state index contributed by atoms with van der Waals surface area (Å²) >= 11 is 0. The summed E-state index contributed by atoms with van der Waals surface area (Å²) in [7, 11) is 0. The SMILES string of the molecule is C=CC12CCC(O1)C(C)(CCCC(C)C(CC=C(C)C)OC(C)=O)OC2. The molecule has 0 aromatic carbocycles. The van der Waals surface area contributed by atoms with E-state index in [0.717, 1.165) is 38.5 Å². The second-order valence-corrected chi connectivity index (χ2v) is 8.55. The lowest BCUT2D eigenvalue weighted by molar-refractivity contribution is -0.225. The molecular formula is C22H36O4. The fourth-order valence-electron chi connectivity index (χ4n) is 4.06. The molecule has 0 N–H and O–H groups in total. The lowest BCUT2D eigenvalue weighted by atomic mass is 9.87. The molecule has 26 heavy (non-hydrogen) atoms. The van der Waals surface area contributed by atoms with Crippen LogP contribution in [0.2, 0.25) is 0 Å². The van der Waals surface area contributed by atoms with Crippen LogP contribution in [0.4, 0.5) is 0 Å². The molecular weight excluding hydrogens is 328 g/mol. The first-order valence-electron chi connectivity index (χ1n) is 9.96. The minimum absolute atomic E-state index is 0.0568. The third-order valence-electron chi connectivity index (χ3n) is 5.95. The van der Waals surface area contributed by atoms with Crippen LogP contribution in [0.15, 0.2) is 24.3 Å². The lowest BCUT2D eigenvalue weighted by Crippen LogP contribution is -2.51. The molecule has 0 amide bonds. The Bertz CT molecular complexity index is 536. The molecule has 4 nitrogen and oxygen atoms in total. The van der Waals surface area contributed by atoms with Crippen molar-refractivity contribution in [1.82, 2.24) is 0 Å². The number of esters is 1. The molecule has 0 aliphatic carbocycles. The summed E-state index contributed by atoms with van der Waals surface area (Å²) in [5.74, 6) is 0.116. The van der Waals surface area contributed by atoms with Crippen molar-refractivity contribution < 1.29 is 19.0 Å². The molecule has 2 saturated heterocycles. The maximum absolute atomic E-state index is 11.4.